The number of hydrogen-bond donors (Lipinski definition) is 3. The Morgan fingerprint density at radius 3 is 2.52 bits per heavy atom. The van der Waals surface area contributed by atoms with Crippen LogP contribution in [0.4, 0.5) is 10.1 Å². The Kier molecular flexibility index (Phi) is 10.8. The van der Waals surface area contributed by atoms with E-state index >= 15 is 0 Å². The molecule has 3 aromatic rings. The Bertz CT molecular complexity index is 1350. The predicted octanol–water partition coefficient (Wildman–Crippen LogP) is 4.96. The van der Waals surface area contributed by atoms with E-state index in [0.29, 0.717) is 30.6 Å². The van der Waals surface area contributed by atoms with Crippen molar-refractivity contribution >= 4 is 23.4 Å². The number of benzene rings is 2. The summed E-state index contributed by atoms with van der Waals surface area (Å²) in [6, 6.07) is 17.5. The van der Waals surface area contributed by atoms with Crippen LogP contribution in [0.15, 0.2) is 72.9 Å². The number of likely N-dealkylation sites (tertiary alicyclic amines) is 1. The lowest BCUT2D eigenvalue weighted by Gasteiger charge is -2.35. The first-order valence-electron chi connectivity index (χ1n) is 14.7. The first kappa shape index (κ1) is 30.8. The van der Waals surface area contributed by atoms with Crippen LogP contribution in [0, 0.1) is 11.7 Å². The zero-order chi connectivity index (χ0) is 30.1. The quantitative estimate of drug-likeness (QED) is 0.300. The maximum atomic E-state index is 13.5. The minimum absolute atomic E-state index is 0.158. The Hall–Kier alpha value is -4.11. The molecule has 42 heavy (non-hydrogen) atoms. The average molecular weight is 574 g/mol. The minimum atomic E-state index is -0.551. The van der Waals surface area contributed by atoms with Crippen molar-refractivity contribution in [2.24, 2.45) is 11.7 Å². The van der Waals surface area contributed by atoms with Gasteiger partial charge in [0, 0.05) is 48.0 Å². The molecule has 9 heteroatoms. The fourth-order valence-electron chi connectivity index (χ4n) is 5.44. The summed E-state index contributed by atoms with van der Waals surface area (Å²) >= 11 is 0. The van der Waals surface area contributed by atoms with Crippen molar-refractivity contribution < 1.29 is 18.8 Å². The molecule has 2 aromatic carbocycles. The van der Waals surface area contributed by atoms with Gasteiger partial charge in [0.2, 0.25) is 5.91 Å². The largest absolute Gasteiger partial charge is 0.347 e. The van der Waals surface area contributed by atoms with Gasteiger partial charge in [-0.15, -0.1) is 0 Å². The maximum Gasteiger partial charge on any atom is 0.272 e. The molecule has 0 spiro atoms. The fourth-order valence-corrected chi connectivity index (χ4v) is 5.44. The molecule has 1 aliphatic rings. The normalized spacial score (nSPS) is 17.1. The number of halogens is 1. The van der Waals surface area contributed by atoms with Crippen LogP contribution in [-0.4, -0.2) is 52.3 Å². The summed E-state index contributed by atoms with van der Waals surface area (Å²) in [4.78, 5) is 45.8. The molecule has 0 aliphatic carbocycles. The topological polar surface area (TPSA) is 117 Å². The summed E-state index contributed by atoms with van der Waals surface area (Å²) in [7, 11) is 0. The highest BCUT2D eigenvalue weighted by Gasteiger charge is 2.29. The van der Waals surface area contributed by atoms with E-state index in [1.54, 1.807) is 19.1 Å². The molecule has 0 bridgehead atoms. The standard InChI is InChI=1S/C33H40FN5O3/c1-3-27-11-7-8-18-39(27)33(42)30-21-24(16-17-36-30)32(41)38-29(20-23-9-5-4-6-10-23)28(35)19-22(2)31(40)37-26-14-12-25(34)13-15-26/h4-6,9-10,12-17,21-22,27-29H,3,7-8,11,18-20,35H2,1-2H3,(H,37,40)(H,38,41)/t22-,27?,28+,29+/m1/s1. The molecule has 0 radical (unpaired) electrons. The van der Waals surface area contributed by atoms with Crippen molar-refractivity contribution in [2.45, 2.75) is 70.5 Å². The van der Waals surface area contributed by atoms with E-state index in [4.69, 9.17) is 5.73 Å². The summed E-state index contributed by atoms with van der Waals surface area (Å²) in [5.41, 5.74) is 8.69. The molecule has 3 amide bonds. The van der Waals surface area contributed by atoms with Crippen LogP contribution < -0.4 is 16.4 Å². The van der Waals surface area contributed by atoms with Gasteiger partial charge in [-0.3, -0.25) is 19.4 Å². The Morgan fingerprint density at radius 2 is 1.81 bits per heavy atom. The van der Waals surface area contributed by atoms with Gasteiger partial charge in [0.05, 0.1) is 0 Å². The fraction of sp³-hybridized carbons (Fsp3) is 0.394. The number of pyridine rings is 1. The van der Waals surface area contributed by atoms with Gasteiger partial charge in [-0.05, 0) is 80.5 Å². The molecule has 8 nitrogen and oxygen atoms in total. The number of nitrogens with two attached hydrogens (primary N) is 1. The van der Waals surface area contributed by atoms with Crippen molar-refractivity contribution in [1.29, 1.82) is 0 Å². The van der Waals surface area contributed by atoms with Gasteiger partial charge in [-0.2, -0.15) is 0 Å². The third-order valence-corrected chi connectivity index (χ3v) is 7.92. The van der Waals surface area contributed by atoms with Gasteiger partial charge in [0.15, 0.2) is 0 Å². The molecular formula is C33H40FN5O3. The number of nitrogens with zero attached hydrogens (tertiary/aromatic N) is 2. The van der Waals surface area contributed by atoms with Gasteiger partial charge < -0.3 is 21.3 Å². The van der Waals surface area contributed by atoms with Gasteiger partial charge in [-0.25, -0.2) is 4.39 Å². The van der Waals surface area contributed by atoms with Gasteiger partial charge in [0.25, 0.3) is 11.8 Å². The van der Waals surface area contributed by atoms with Crippen molar-refractivity contribution in [2.75, 3.05) is 11.9 Å². The molecule has 1 unspecified atom stereocenters. The third-order valence-electron chi connectivity index (χ3n) is 7.92. The molecule has 1 aromatic heterocycles. The maximum absolute atomic E-state index is 13.5. The summed E-state index contributed by atoms with van der Waals surface area (Å²) in [6.07, 6.45) is 6.17. The van der Waals surface area contributed by atoms with Crippen molar-refractivity contribution in [3.8, 4) is 0 Å². The average Bonchev–Trinajstić information content (AvgIpc) is 3.01. The van der Waals surface area contributed by atoms with Crippen LogP contribution in [0.2, 0.25) is 0 Å². The SMILES string of the molecule is CCC1CCCCN1C(=O)c1cc(C(=O)N[C@@H](Cc2ccccc2)[C@@H](N)C[C@@H](C)C(=O)Nc2ccc(F)cc2)ccn1. The molecular weight excluding hydrogens is 533 g/mol. The van der Waals surface area contributed by atoms with Crippen LogP contribution in [-0.2, 0) is 11.2 Å². The number of aromatic nitrogens is 1. The minimum Gasteiger partial charge on any atom is -0.347 e. The Morgan fingerprint density at radius 1 is 1.07 bits per heavy atom. The number of amides is 3. The van der Waals surface area contributed by atoms with E-state index < -0.39 is 18.0 Å². The highest BCUT2D eigenvalue weighted by Crippen LogP contribution is 2.22. The molecule has 0 saturated carbocycles. The monoisotopic (exact) mass is 573 g/mol. The second kappa shape index (κ2) is 14.7. The predicted molar refractivity (Wildman–Crippen MR) is 161 cm³/mol. The van der Waals surface area contributed by atoms with Crippen molar-refractivity contribution in [3.63, 3.8) is 0 Å². The number of piperidine rings is 1. The summed E-state index contributed by atoms with van der Waals surface area (Å²) in [5.74, 6) is -1.62. The molecule has 1 aliphatic heterocycles. The molecule has 4 N–H and O–H groups in total. The van der Waals surface area contributed by atoms with Crippen LogP contribution in [0.5, 0.6) is 0 Å². The van der Waals surface area contributed by atoms with E-state index in [2.05, 4.69) is 22.5 Å². The van der Waals surface area contributed by atoms with E-state index in [1.165, 1.54) is 30.5 Å². The van der Waals surface area contributed by atoms with E-state index in [1.807, 2.05) is 35.2 Å². The molecule has 1 fully saturated rings. The van der Waals surface area contributed by atoms with Crippen LogP contribution in [0.25, 0.3) is 0 Å². The zero-order valence-electron chi connectivity index (χ0n) is 24.3. The van der Waals surface area contributed by atoms with Crippen LogP contribution in [0.3, 0.4) is 0 Å². The molecule has 4 rings (SSSR count). The van der Waals surface area contributed by atoms with Gasteiger partial charge >= 0.3 is 0 Å². The molecule has 2 heterocycles. The van der Waals surface area contributed by atoms with Crippen LogP contribution in [0.1, 0.15) is 72.4 Å². The van der Waals surface area contributed by atoms with Gasteiger partial charge in [-0.1, -0.05) is 44.2 Å². The van der Waals surface area contributed by atoms with E-state index in [0.717, 1.165) is 31.2 Å². The first-order valence-corrected chi connectivity index (χ1v) is 14.7. The van der Waals surface area contributed by atoms with E-state index in [-0.39, 0.29) is 35.3 Å². The number of carbonyl (C=O) groups is 3. The zero-order valence-corrected chi connectivity index (χ0v) is 24.3. The summed E-state index contributed by atoms with van der Waals surface area (Å²) < 4.78 is 13.2. The highest BCUT2D eigenvalue weighted by atomic mass is 19.1. The Balaban J connectivity index is 1.46. The molecule has 1 saturated heterocycles. The smallest absolute Gasteiger partial charge is 0.272 e. The highest BCUT2D eigenvalue weighted by molar-refractivity contribution is 5.98. The second-order valence-corrected chi connectivity index (χ2v) is 11.1. The lowest BCUT2D eigenvalue weighted by molar-refractivity contribution is -0.119. The van der Waals surface area contributed by atoms with Crippen molar-refractivity contribution in [1.82, 2.24) is 15.2 Å². The number of carbonyl (C=O) groups excluding carboxylic acids is 3. The Labute approximate surface area is 246 Å². The van der Waals surface area contributed by atoms with Crippen molar-refractivity contribution in [3.05, 3.63) is 95.6 Å². The summed E-state index contributed by atoms with van der Waals surface area (Å²) in [6.45, 7) is 4.54. The number of hydrogen-bond acceptors (Lipinski definition) is 5. The molecule has 222 valence electrons. The third kappa shape index (κ3) is 8.22. The van der Waals surface area contributed by atoms with E-state index in [9.17, 15) is 18.8 Å². The number of rotatable bonds is 11. The number of anilines is 1. The lowest BCUT2D eigenvalue weighted by atomic mass is 9.92. The lowest BCUT2D eigenvalue weighted by Crippen LogP contribution is -2.50. The van der Waals surface area contributed by atoms with Crippen LogP contribution >= 0.6 is 0 Å². The summed E-state index contributed by atoms with van der Waals surface area (Å²) in [5, 5.41) is 5.85. The second-order valence-electron chi connectivity index (χ2n) is 11.1. The van der Waals surface area contributed by atoms with Gasteiger partial charge in [0.1, 0.15) is 11.5 Å². The number of nitrogens with one attached hydrogen (secondary N) is 2. The first-order chi connectivity index (χ1) is 20.2. The molecule has 4 atom stereocenters.